The van der Waals surface area contributed by atoms with Crippen LogP contribution in [-0.4, -0.2) is 0 Å². The van der Waals surface area contributed by atoms with Crippen LogP contribution in [0.25, 0.3) is 0 Å². The summed E-state index contributed by atoms with van der Waals surface area (Å²) in [6.07, 6.45) is 26.2. The maximum atomic E-state index is 2.42. The Hall–Kier alpha value is -0.850. The second kappa shape index (κ2) is 16.9. The Balaban J connectivity index is 2.00. The number of pyridine rings is 1. The molecule has 0 N–H and O–H groups in total. The summed E-state index contributed by atoms with van der Waals surface area (Å²) in [4.78, 5) is 0. The molecule has 0 radical (unpaired) electrons. The highest BCUT2D eigenvalue weighted by molar-refractivity contribution is 5.27. The van der Waals surface area contributed by atoms with Crippen LogP contribution in [0.2, 0.25) is 0 Å². The molecule has 1 nitrogen and oxygen atoms in total. The van der Waals surface area contributed by atoms with Gasteiger partial charge >= 0.3 is 0 Å². The molecule has 0 aromatic carbocycles. The predicted molar refractivity (Wildman–Crippen MR) is 130 cm³/mol. The van der Waals surface area contributed by atoms with Crippen LogP contribution in [0, 0.1) is 0 Å². The molecule has 0 unspecified atom stereocenters. The zero-order valence-electron chi connectivity index (χ0n) is 20.6. The van der Waals surface area contributed by atoms with Crippen molar-refractivity contribution in [3.8, 4) is 0 Å². The molecule has 0 bridgehead atoms. The Morgan fingerprint density at radius 1 is 0.586 bits per heavy atom. The third-order valence-corrected chi connectivity index (χ3v) is 6.35. The molecule has 0 saturated carbocycles. The SMILES string of the molecule is CCCCCCCCCCCCCCCCC[n+]1ccc(C(C)C)c(C(C)C)c1. The third-order valence-electron chi connectivity index (χ3n) is 6.35. The molecular formula is C28H52N+. The fraction of sp³-hybridized carbons (Fsp3) is 0.821. The minimum Gasteiger partial charge on any atom is -0.205 e. The normalized spacial score (nSPS) is 11.7. The predicted octanol–water partition coefficient (Wildman–Crippen LogP) is 9.09. The quantitative estimate of drug-likeness (QED) is 0.170. The third kappa shape index (κ3) is 12.4. The smallest absolute Gasteiger partial charge is 0.172 e. The van der Waals surface area contributed by atoms with Gasteiger partial charge < -0.3 is 0 Å². The average Bonchev–Trinajstić information content (AvgIpc) is 2.70. The van der Waals surface area contributed by atoms with Crippen LogP contribution < -0.4 is 4.57 Å². The van der Waals surface area contributed by atoms with Gasteiger partial charge in [-0.3, -0.25) is 0 Å². The number of aromatic nitrogens is 1. The highest BCUT2D eigenvalue weighted by Gasteiger charge is 2.14. The fourth-order valence-electron chi connectivity index (χ4n) is 4.38. The molecule has 0 spiro atoms. The van der Waals surface area contributed by atoms with E-state index in [1.54, 1.807) is 0 Å². The Labute approximate surface area is 183 Å². The lowest BCUT2D eigenvalue weighted by Crippen LogP contribution is -2.34. The summed E-state index contributed by atoms with van der Waals surface area (Å²) in [6.45, 7) is 12.7. The Morgan fingerprint density at radius 3 is 1.41 bits per heavy atom. The molecule has 0 saturated heterocycles. The van der Waals surface area contributed by atoms with Crippen molar-refractivity contribution in [2.45, 2.75) is 149 Å². The molecule has 29 heavy (non-hydrogen) atoms. The van der Waals surface area contributed by atoms with Crippen molar-refractivity contribution in [3.63, 3.8) is 0 Å². The van der Waals surface area contributed by atoms with E-state index in [-0.39, 0.29) is 0 Å². The van der Waals surface area contributed by atoms with Crippen LogP contribution in [0.15, 0.2) is 18.5 Å². The summed E-state index contributed by atoms with van der Waals surface area (Å²) in [5.74, 6) is 1.23. The lowest BCUT2D eigenvalue weighted by Gasteiger charge is -2.14. The molecule has 1 rings (SSSR count). The van der Waals surface area contributed by atoms with Crippen LogP contribution in [0.4, 0.5) is 0 Å². The minimum atomic E-state index is 0.612. The standard InChI is InChI=1S/C28H52N/c1-6-7-8-9-10-11-12-13-14-15-16-17-18-19-20-22-29-23-21-27(25(2)3)28(24-29)26(4)5/h21,23-26H,6-20,22H2,1-5H3/q+1. The zero-order valence-corrected chi connectivity index (χ0v) is 20.6. The lowest BCUT2D eigenvalue weighted by molar-refractivity contribution is -0.697. The van der Waals surface area contributed by atoms with E-state index in [1.165, 1.54) is 114 Å². The van der Waals surface area contributed by atoms with Crippen LogP contribution >= 0.6 is 0 Å². The first-order chi connectivity index (χ1) is 14.1. The van der Waals surface area contributed by atoms with Gasteiger partial charge in [0, 0.05) is 18.1 Å². The molecule has 0 atom stereocenters. The van der Waals surface area contributed by atoms with Crippen molar-refractivity contribution in [1.82, 2.24) is 0 Å². The van der Waals surface area contributed by atoms with E-state index >= 15 is 0 Å². The van der Waals surface area contributed by atoms with Gasteiger partial charge in [-0.1, -0.05) is 118 Å². The van der Waals surface area contributed by atoms with E-state index in [1.807, 2.05) is 0 Å². The first-order valence-electron chi connectivity index (χ1n) is 13.1. The second-order valence-electron chi connectivity index (χ2n) is 9.85. The number of hydrogen-bond donors (Lipinski definition) is 0. The zero-order chi connectivity index (χ0) is 21.3. The van der Waals surface area contributed by atoms with E-state index in [0.29, 0.717) is 11.8 Å². The molecule has 1 aromatic heterocycles. The number of rotatable bonds is 18. The van der Waals surface area contributed by atoms with Gasteiger partial charge in [-0.05, 0) is 23.8 Å². The van der Waals surface area contributed by atoms with Crippen molar-refractivity contribution in [1.29, 1.82) is 0 Å². The molecule has 1 heterocycles. The Kier molecular flexibility index (Phi) is 15.3. The maximum Gasteiger partial charge on any atom is 0.172 e. The van der Waals surface area contributed by atoms with Gasteiger partial charge in [-0.25, -0.2) is 4.57 Å². The molecule has 1 heteroatoms. The molecule has 0 fully saturated rings. The molecular weight excluding hydrogens is 350 g/mol. The largest absolute Gasteiger partial charge is 0.205 e. The first kappa shape index (κ1) is 26.2. The van der Waals surface area contributed by atoms with Gasteiger partial charge in [-0.2, -0.15) is 0 Å². The van der Waals surface area contributed by atoms with Crippen LogP contribution in [-0.2, 0) is 6.54 Å². The van der Waals surface area contributed by atoms with Crippen molar-refractivity contribution >= 4 is 0 Å². The highest BCUT2D eigenvalue weighted by atomic mass is 14.9. The van der Waals surface area contributed by atoms with Crippen molar-refractivity contribution in [2.75, 3.05) is 0 Å². The lowest BCUT2D eigenvalue weighted by atomic mass is 9.92. The van der Waals surface area contributed by atoms with E-state index in [4.69, 9.17) is 0 Å². The summed E-state index contributed by atoms with van der Waals surface area (Å²) in [6, 6.07) is 2.35. The summed E-state index contributed by atoms with van der Waals surface area (Å²) in [5.41, 5.74) is 3.05. The molecule has 0 aliphatic carbocycles. The second-order valence-corrected chi connectivity index (χ2v) is 9.85. The summed E-state index contributed by atoms with van der Waals surface area (Å²) in [5, 5.41) is 0. The van der Waals surface area contributed by atoms with Gasteiger partial charge in [0.25, 0.3) is 0 Å². The molecule has 0 amide bonds. The average molecular weight is 403 g/mol. The molecule has 0 aliphatic rings. The van der Waals surface area contributed by atoms with Gasteiger partial charge in [0.1, 0.15) is 6.54 Å². The Morgan fingerprint density at radius 2 is 1.00 bits per heavy atom. The maximum absolute atomic E-state index is 2.42. The van der Waals surface area contributed by atoms with Gasteiger partial charge in [0.15, 0.2) is 12.4 Å². The number of unbranched alkanes of at least 4 members (excludes halogenated alkanes) is 14. The van der Waals surface area contributed by atoms with Gasteiger partial charge in [0.2, 0.25) is 0 Å². The van der Waals surface area contributed by atoms with Crippen LogP contribution in [0.1, 0.15) is 154 Å². The Bertz CT molecular complexity index is 503. The van der Waals surface area contributed by atoms with E-state index in [0.717, 1.165) is 0 Å². The minimum absolute atomic E-state index is 0.612. The number of hydrogen-bond acceptors (Lipinski definition) is 0. The van der Waals surface area contributed by atoms with Gasteiger partial charge in [-0.15, -0.1) is 0 Å². The summed E-state index contributed by atoms with van der Waals surface area (Å²) >= 11 is 0. The first-order valence-corrected chi connectivity index (χ1v) is 13.1. The summed E-state index contributed by atoms with van der Waals surface area (Å²) < 4.78 is 2.42. The molecule has 1 aromatic rings. The molecule has 168 valence electrons. The van der Waals surface area contributed by atoms with E-state index in [9.17, 15) is 0 Å². The monoisotopic (exact) mass is 402 g/mol. The van der Waals surface area contributed by atoms with E-state index in [2.05, 4.69) is 57.6 Å². The van der Waals surface area contributed by atoms with Crippen molar-refractivity contribution in [3.05, 3.63) is 29.6 Å². The summed E-state index contributed by atoms with van der Waals surface area (Å²) in [7, 11) is 0. The molecule has 0 aliphatic heterocycles. The number of nitrogens with zero attached hydrogens (tertiary/aromatic N) is 1. The van der Waals surface area contributed by atoms with E-state index < -0.39 is 0 Å². The van der Waals surface area contributed by atoms with Crippen LogP contribution in [0.3, 0.4) is 0 Å². The van der Waals surface area contributed by atoms with Gasteiger partial charge in [0.05, 0.1) is 0 Å². The van der Waals surface area contributed by atoms with Crippen molar-refractivity contribution in [2.24, 2.45) is 0 Å². The number of aryl methyl sites for hydroxylation is 1. The van der Waals surface area contributed by atoms with Crippen molar-refractivity contribution < 1.29 is 4.57 Å². The fourth-order valence-corrected chi connectivity index (χ4v) is 4.38. The van der Waals surface area contributed by atoms with Crippen LogP contribution in [0.5, 0.6) is 0 Å². The highest BCUT2D eigenvalue weighted by Crippen LogP contribution is 2.24. The topological polar surface area (TPSA) is 3.88 Å².